The first-order chi connectivity index (χ1) is 14.4. The standard InChI is InChI=1S/C23H26N4OS2/c1-5-27(6-2)19-11-9-17(10-12-19)21(28)25-22(29)26-23-24-20(14-30-23)18-8-7-15(3)16(4)13-18/h7-14H,5-6H2,1-4H3,(H2,24,25,26,28,29). The Bertz CT molecular complexity index is 1040. The zero-order valence-corrected chi connectivity index (χ0v) is 19.3. The van der Waals surface area contributed by atoms with Crippen LogP contribution in [0.1, 0.15) is 35.3 Å². The SMILES string of the molecule is CCN(CC)c1ccc(C(=O)NC(=S)Nc2nc(-c3ccc(C)c(C)c3)cs2)cc1. The molecular formula is C23H26N4OS2. The summed E-state index contributed by atoms with van der Waals surface area (Å²) in [5, 5.41) is 8.58. The Morgan fingerprint density at radius 3 is 2.40 bits per heavy atom. The number of aromatic nitrogens is 1. The summed E-state index contributed by atoms with van der Waals surface area (Å²) in [6.45, 7) is 10.2. The molecule has 7 heteroatoms. The second-order valence-corrected chi connectivity index (χ2v) is 8.23. The van der Waals surface area contributed by atoms with E-state index in [0.29, 0.717) is 10.7 Å². The summed E-state index contributed by atoms with van der Waals surface area (Å²) in [6.07, 6.45) is 0. The van der Waals surface area contributed by atoms with E-state index in [-0.39, 0.29) is 11.0 Å². The molecule has 0 aliphatic rings. The normalized spacial score (nSPS) is 10.5. The predicted molar refractivity (Wildman–Crippen MR) is 131 cm³/mol. The molecule has 1 amide bonds. The fraction of sp³-hybridized carbons (Fsp3) is 0.261. The molecular weight excluding hydrogens is 412 g/mol. The van der Waals surface area contributed by atoms with Crippen LogP contribution in [0, 0.1) is 13.8 Å². The summed E-state index contributed by atoms with van der Waals surface area (Å²) < 4.78 is 0. The van der Waals surface area contributed by atoms with Gasteiger partial charge in [0.1, 0.15) is 0 Å². The molecule has 1 heterocycles. The van der Waals surface area contributed by atoms with Crippen molar-refractivity contribution < 1.29 is 4.79 Å². The highest BCUT2D eigenvalue weighted by Gasteiger charge is 2.11. The van der Waals surface area contributed by atoms with Crippen LogP contribution >= 0.6 is 23.6 Å². The van der Waals surface area contributed by atoms with Crippen LogP contribution < -0.4 is 15.5 Å². The quantitative estimate of drug-likeness (QED) is 0.505. The molecule has 5 nitrogen and oxygen atoms in total. The van der Waals surface area contributed by atoms with Crippen LogP contribution in [0.25, 0.3) is 11.3 Å². The number of aryl methyl sites for hydroxylation is 2. The maximum atomic E-state index is 12.5. The summed E-state index contributed by atoms with van der Waals surface area (Å²) in [5.74, 6) is -0.246. The number of anilines is 2. The molecule has 1 aromatic heterocycles. The van der Waals surface area contributed by atoms with Gasteiger partial charge in [-0.25, -0.2) is 4.98 Å². The summed E-state index contributed by atoms with van der Waals surface area (Å²) >= 11 is 6.75. The van der Waals surface area contributed by atoms with E-state index in [4.69, 9.17) is 12.2 Å². The van der Waals surface area contributed by atoms with Crippen LogP contribution in [0.15, 0.2) is 47.8 Å². The Labute approximate surface area is 187 Å². The molecule has 0 saturated heterocycles. The Kier molecular flexibility index (Phi) is 7.18. The maximum absolute atomic E-state index is 12.5. The average molecular weight is 439 g/mol. The zero-order chi connectivity index (χ0) is 21.7. The average Bonchev–Trinajstić information content (AvgIpc) is 3.19. The van der Waals surface area contributed by atoms with Gasteiger partial charge in [-0.15, -0.1) is 11.3 Å². The van der Waals surface area contributed by atoms with E-state index in [2.05, 4.69) is 66.4 Å². The fourth-order valence-corrected chi connectivity index (χ4v) is 4.06. The van der Waals surface area contributed by atoms with E-state index in [1.54, 1.807) is 0 Å². The van der Waals surface area contributed by atoms with E-state index < -0.39 is 0 Å². The van der Waals surface area contributed by atoms with Crippen molar-refractivity contribution in [3.05, 3.63) is 64.5 Å². The van der Waals surface area contributed by atoms with Gasteiger partial charge in [0.05, 0.1) is 5.69 Å². The van der Waals surface area contributed by atoms with Crippen molar-refractivity contribution in [1.82, 2.24) is 10.3 Å². The van der Waals surface area contributed by atoms with Crippen LogP contribution in [0.2, 0.25) is 0 Å². The highest BCUT2D eigenvalue weighted by Crippen LogP contribution is 2.26. The van der Waals surface area contributed by atoms with Crippen molar-refractivity contribution in [3.63, 3.8) is 0 Å². The minimum atomic E-state index is -0.246. The number of benzene rings is 2. The Hall–Kier alpha value is -2.77. The molecule has 0 spiro atoms. The zero-order valence-electron chi connectivity index (χ0n) is 17.7. The minimum absolute atomic E-state index is 0.230. The van der Waals surface area contributed by atoms with Crippen molar-refractivity contribution in [2.75, 3.05) is 23.3 Å². The van der Waals surface area contributed by atoms with Crippen molar-refractivity contribution >= 4 is 45.4 Å². The lowest BCUT2D eigenvalue weighted by Gasteiger charge is -2.21. The molecule has 30 heavy (non-hydrogen) atoms. The molecule has 2 N–H and O–H groups in total. The molecule has 0 saturated carbocycles. The van der Waals surface area contributed by atoms with Gasteiger partial charge in [-0.3, -0.25) is 10.1 Å². The molecule has 0 aliphatic carbocycles. The summed E-state index contributed by atoms with van der Waals surface area (Å²) in [7, 11) is 0. The van der Waals surface area contributed by atoms with Crippen molar-refractivity contribution in [3.8, 4) is 11.3 Å². The number of amides is 1. The van der Waals surface area contributed by atoms with Gasteiger partial charge >= 0.3 is 0 Å². The first kappa shape index (κ1) is 21.9. The lowest BCUT2D eigenvalue weighted by Crippen LogP contribution is -2.34. The number of hydrogen-bond donors (Lipinski definition) is 2. The van der Waals surface area contributed by atoms with Gasteiger partial charge in [-0.05, 0) is 81.4 Å². The number of rotatable bonds is 6. The van der Waals surface area contributed by atoms with E-state index >= 15 is 0 Å². The molecule has 0 unspecified atom stereocenters. The summed E-state index contributed by atoms with van der Waals surface area (Å²) in [4.78, 5) is 19.3. The number of thiazole rings is 1. The molecule has 2 aromatic carbocycles. The van der Waals surface area contributed by atoms with Gasteiger partial charge in [0.2, 0.25) is 0 Å². The third kappa shape index (κ3) is 5.23. The highest BCUT2D eigenvalue weighted by molar-refractivity contribution is 7.80. The Morgan fingerprint density at radius 2 is 1.77 bits per heavy atom. The smallest absolute Gasteiger partial charge is 0.257 e. The molecule has 0 atom stereocenters. The van der Waals surface area contributed by atoms with Crippen molar-refractivity contribution in [2.24, 2.45) is 0 Å². The maximum Gasteiger partial charge on any atom is 0.257 e. The first-order valence-electron chi connectivity index (χ1n) is 9.91. The third-order valence-corrected chi connectivity index (χ3v) is 5.97. The topological polar surface area (TPSA) is 57.3 Å². The van der Waals surface area contributed by atoms with Gasteiger partial charge in [-0.1, -0.05) is 12.1 Å². The molecule has 0 radical (unpaired) electrons. The second kappa shape index (κ2) is 9.82. The van der Waals surface area contributed by atoms with Gasteiger partial charge in [0, 0.05) is 35.3 Å². The van der Waals surface area contributed by atoms with Crippen LogP contribution in [-0.4, -0.2) is 29.1 Å². The van der Waals surface area contributed by atoms with E-state index in [1.807, 2.05) is 29.6 Å². The predicted octanol–water partition coefficient (Wildman–Crippen LogP) is 5.40. The summed E-state index contributed by atoms with van der Waals surface area (Å²) in [5.41, 5.74) is 6.08. The molecule has 3 aromatic rings. The fourth-order valence-electron chi connectivity index (χ4n) is 3.08. The number of thiocarbonyl (C=S) groups is 1. The third-order valence-electron chi connectivity index (χ3n) is 5.01. The lowest BCUT2D eigenvalue weighted by atomic mass is 10.1. The van der Waals surface area contributed by atoms with Gasteiger partial charge < -0.3 is 10.2 Å². The highest BCUT2D eigenvalue weighted by atomic mass is 32.1. The molecule has 156 valence electrons. The van der Waals surface area contributed by atoms with E-state index in [0.717, 1.165) is 30.0 Å². The lowest BCUT2D eigenvalue weighted by molar-refractivity contribution is 0.0978. The van der Waals surface area contributed by atoms with Gasteiger partial charge in [0.15, 0.2) is 10.2 Å². The monoisotopic (exact) mass is 438 g/mol. The largest absolute Gasteiger partial charge is 0.372 e. The molecule has 0 bridgehead atoms. The van der Waals surface area contributed by atoms with Crippen molar-refractivity contribution in [2.45, 2.75) is 27.7 Å². The number of carbonyl (C=O) groups is 1. The van der Waals surface area contributed by atoms with E-state index in [1.165, 1.54) is 22.5 Å². The van der Waals surface area contributed by atoms with Crippen LogP contribution in [0.5, 0.6) is 0 Å². The first-order valence-corrected chi connectivity index (χ1v) is 11.2. The van der Waals surface area contributed by atoms with Crippen LogP contribution in [0.4, 0.5) is 10.8 Å². The van der Waals surface area contributed by atoms with E-state index in [9.17, 15) is 4.79 Å². The molecule has 0 fully saturated rings. The number of nitrogens with zero attached hydrogens (tertiary/aromatic N) is 2. The van der Waals surface area contributed by atoms with Crippen LogP contribution in [-0.2, 0) is 0 Å². The van der Waals surface area contributed by atoms with Crippen LogP contribution in [0.3, 0.4) is 0 Å². The molecule has 0 aliphatic heterocycles. The Morgan fingerprint density at radius 1 is 1.07 bits per heavy atom. The minimum Gasteiger partial charge on any atom is -0.372 e. The van der Waals surface area contributed by atoms with Gasteiger partial charge in [-0.2, -0.15) is 0 Å². The number of carbonyl (C=O) groups excluding carboxylic acids is 1. The summed E-state index contributed by atoms with van der Waals surface area (Å²) in [6, 6.07) is 13.8. The van der Waals surface area contributed by atoms with Crippen molar-refractivity contribution in [1.29, 1.82) is 0 Å². The Balaban J connectivity index is 1.61. The molecule has 3 rings (SSSR count). The second-order valence-electron chi connectivity index (χ2n) is 6.96. The van der Waals surface area contributed by atoms with Gasteiger partial charge in [0.25, 0.3) is 5.91 Å². The number of nitrogens with one attached hydrogen (secondary N) is 2. The number of hydrogen-bond acceptors (Lipinski definition) is 5.